The summed E-state index contributed by atoms with van der Waals surface area (Å²) in [5, 5.41) is 1.60. The molecule has 13 heteroatoms. The number of alkyl halides is 3. The Hall–Kier alpha value is -2.18. The van der Waals surface area contributed by atoms with Gasteiger partial charge in [0.25, 0.3) is 5.91 Å². The number of carbonyl (C=O) groups excluding carboxylic acids is 1. The molecule has 2 N–H and O–H groups in total. The zero-order valence-corrected chi connectivity index (χ0v) is 15.8. The van der Waals surface area contributed by atoms with Gasteiger partial charge in [-0.05, 0) is 19.1 Å². The van der Waals surface area contributed by atoms with Crippen molar-refractivity contribution in [2.75, 3.05) is 5.32 Å². The summed E-state index contributed by atoms with van der Waals surface area (Å²) in [4.78, 5) is 11.7. The van der Waals surface area contributed by atoms with Crippen LogP contribution in [0.2, 0.25) is 5.02 Å². The molecule has 0 bridgehead atoms. The lowest BCUT2D eigenvalue weighted by atomic mass is 10.3. The van der Waals surface area contributed by atoms with Gasteiger partial charge in [0.15, 0.2) is 11.6 Å². The van der Waals surface area contributed by atoms with Crippen LogP contribution in [0.5, 0.6) is 0 Å². The van der Waals surface area contributed by atoms with Crippen molar-refractivity contribution in [3.8, 4) is 0 Å². The van der Waals surface area contributed by atoms with Gasteiger partial charge in [0.1, 0.15) is 16.6 Å². The van der Waals surface area contributed by atoms with Crippen LogP contribution in [0, 0.1) is 11.6 Å². The predicted molar refractivity (Wildman–Crippen MR) is 90.6 cm³/mol. The van der Waals surface area contributed by atoms with Crippen LogP contribution >= 0.6 is 11.6 Å². The van der Waals surface area contributed by atoms with Gasteiger partial charge in [-0.1, -0.05) is 11.6 Å². The van der Waals surface area contributed by atoms with Crippen molar-refractivity contribution in [2.45, 2.75) is 24.0 Å². The minimum atomic E-state index is -4.80. The Labute approximate surface area is 161 Å². The maximum absolute atomic E-state index is 13.4. The third-order valence-corrected chi connectivity index (χ3v) is 5.37. The van der Waals surface area contributed by atoms with E-state index in [0.717, 1.165) is 22.9 Å². The normalized spacial score (nSPS) is 13.4. The fourth-order valence-corrected chi connectivity index (χ4v) is 3.60. The van der Waals surface area contributed by atoms with Gasteiger partial charge in [0.05, 0.1) is 5.02 Å². The number of hydrogen-bond acceptors (Lipinski definition) is 3. The Morgan fingerprint density at radius 1 is 1.21 bits per heavy atom. The van der Waals surface area contributed by atoms with E-state index >= 15 is 0 Å². The highest BCUT2D eigenvalue weighted by atomic mass is 35.5. The highest BCUT2D eigenvalue weighted by molar-refractivity contribution is 7.89. The highest BCUT2D eigenvalue weighted by Gasteiger charge is 2.39. The van der Waals surface area contributed by atoms with Crippen LogP contribution in [-0.2, 0) is 17.1 Å². The second kappa shape index (κ2) is 7.68. The summed E-state index contributed by atoms with van der Waals surface area (Å²) in [6.07, 6.45) is -3.87. The van der Waals surface area contributed by atoms with E-state index in [9.17, 15) is 35.2 Å². The monoisotopic (exact) mass is 445 g/mol. The molecule has 1 heterocycles. The van der Waals surface area contributed by atoms with Crippen LogP contribution in [0.25, 0.3) is 0 Å². The average molecular weight is 446 g/mol. The third kappa shape index (κ3) is 4.80. The van der Waals surface area contributed by atoms with Crippen molar-refractivity contribution in [1.82, 2.24) is 9.29 Å². The Kier molecular flexibility index (Phi) is 6.07. The van der Waals surface area contributed by atoms with E-state index in [0.29, 0.717) is 13.0 Å². The number of amides is 1. The van der Waals surface area contributed by atoms with Crippen LogP contribution in [-0.4, -0.2) is 31.1 Å². The number of nitrogens with one attached hydrogen (secondary N) is 2. The molecule has 2 rings (SSSR count). The van der Waals surface area contributed by atoms with Crippen molar-refractivity contribution in [1.29, 1.82) is 0 Å². The quantitative estimate of drug-likeness (QED) is 0.546. The van der Waals surface area contributed by atoms with E-state index in [1.54, 1.807) is 0 Å². The third-order valence-electron chi connectivity index (χ3n) is 3.59. The molecule has 1 aromatic heterocycles. The lowest BCUT2D eigenvalue weighted by molar-refractivity contribution is -0.147. The average Bonchev–Trinajstić information content (AvgIpc) is 2.94. The zero-order valence-electron chi connectivity index (χ0n) is 14.2. The Morgan fingerprint density at radius 2 is 1.82 bits per heavy atom. The predicted octanol–water partition coefficient (Wildman–Crippen LogP) is 3.44. The molecule has 154 valence electrons. The molecule has 1 atom stereocenters. The molecule has 0 fully saturated rings. The maximum atomic E-state index is 13.4. The van der Waals surface area contributed by atoms with Crippen LogP contribution < -0.4 is 10.0 Å². The summed E-state index contributed by atoms with van der Waals surface area (Å²) < 4.78 is 91.0. The number of anilines is 1. The standard InChI is InChI=1S/C15H13ClF5N3O3S/c1-7(15(19,20)21)23-28(26,27)9-5-12(24(2)6-9)14(25)22-8-3-10(16)13(18)11(17)4-8/h3-7,23H,1-2H3,(H,22,25)/t7-/m0/s1. The number of halogens is 6. The van der Waals surface area contributed by atoms with Crippen LogP contribution in [0.3, 0.4) is 0 Å². The van der Waals surface area contributed by atoms with Crippen molar-refractivity contribution in [3.05, 3.63) is 46.7 Å². The molecule has 0 unspecified atom stereocenters. The summed E-state index contributed by atoms with van der Waals surface area (Å²) in [7, 11) is -3.29. The molecule has 28 heavy (non-hydrogen) atoms. The summed E-state index contributed by atoms with van der Waals surface area (Å²) in [5.74, 6) is -3.55. The summed E-state index contributed by atoms with van der Waals surface area (Å²) in [5.41, 5.74) is -0.468. The van der Waals surface area contributed by atoms with Gasteiger partial charge in [0.2, 0.25) is 10.0 Å². The van der Waals surface area contributed by atoms with E-state index in [2.05, 4.69) is 5.32 Å². The van der Waals surface area contributed by atoms with E-state index in [1.165, 1.54) is 11.8 Å². The number of carbonyl (C=O) groups is 1. The van der Waals surface area contributed by atoms with Crippen molar-refractivity contribution >= 4 is 33.2 Å². The van der Waals surface area contributed by atoms with Crippen LogP contribution in [0.4, 0.5) is 27.6 Å². The molecule has 0 spiro atoms. The lowest BCUT2D eigenvalue weighted by Crippen LogP contribution is -2.42. The van der Waals surface area contributed by atoms with E-state index < -0.39 is 49.7 Å². The van der Waals surface area contributed by atoms with Crippen LogP contribution in [0.1, 0.15) is 17.4 Å². The second-order valence-electron chi connectivity index (χ2n) is 5.76. The number of hydrogen-bond donors (Lipinski definition) is 2. The molecule has 0 aliphatic rings. The van der Waals surface area contributed by atoms with Gasteiger partial charge < -0.3 is 9.88 Å². The Balaban J connectivity index is 2.27. The number of rotatable bonds is 5. The molecule has 0 radical (unpaired) electrons. The fourth-order valence-electron chi connectivity index (χ4n) is 2.10. The molecular formula is C15H13ClF5N3O3S. The molecule has 0 aliphatic heterocycles. The van der Waals surface area contributed by atoms with Crippen molar-refractivity contribution in [3.63, 3.8) is 0 Å². The van der Waals surface area contributed by atoms with Crippen molar-refractivity contribution < 1.29 is 35.2 Å². The van der Waals surface area contributed by atoms with Gasteiger partial charge in [-0.15, -0.1) is 0 Å². The summed E-state index contributed by atoms with van der Waals surface area (Å²) in [6.45, 7) is 0.626. The second-order valence-corrected chi connectivity index (χ2v) is 7.89. The highest BCUT2D eigenvalue weighted by Crippen LogP contribution is 2.25. The number of benzene rings is 1. The minimum Gasteiger partial charge on any atom is -0.345 e. The molecule has 6 nitrogen and oxygen atoms in total. The molecule has 1 aromatic carbocycles. The Bertz CT molecular complexity index is 997. The van der Waals surface area contributed by atoms with Gasteiger partial charge in [-0.25, -0.2) is 17.2 Å². The number of aromatic nitrogens is 1. The number of sulfonamides is 1. The molecule has 1 amide bonds. The molecule has 0 saturated carbocycles. The summed E-state index contributed by atoms with van der Waals surface area (Å²) in [6, 6.07) is 0.0823. The topological polar surface area (TPSA) is 80.2 Å². The first-order valence-electron chi connectivity index (χ1n) is 7.43. The first kappa shape index (κ1) is 22.1. The molecule has 0 saturated heterocycles. The minimum absolute atomic E-state index is 0.205. The zero-order chi connectivity index (χ0) is 21.4. The first-order valence-corrected chi connectivity index (χ1v) is 9.30. The largest absolute Gasteiger partial charge is 0.404 e. The van der Waals surface area contributed by atoms with E-state index in [-0.39, 0.29) is 11.4 Å². The van der Waals surface area contributed by atoms with Crippen molar-refractivity contribution in [2.24, 2.45) is 7.05 Å². The molecule has 2 aromatic rings. The molecule has 0 aliphatic carbocycles. The SMILES string of the molecule is C[C@H](NS(=O)(=O)c1cc(C(=O)Nc2cc(F)c(F)c(Cl)c2)n(C)c1)C(F)(F)F. The van der Waals surface area contributed by atoms with E-state index in [4.69, 9.17) is 11.6 Å². The Morgan fingerprint density at radius 3 is 2.36 bits per heavy atom. The maximum Gasteiger partial charge on any atom is 0.404 e. The number of nitrogens with zero attached hydrogens (tertiary/aromatic N) is 1. The van der Waals surface area contributed by atoms with Gasteiger partial charge in [-0.3, -0.25) is 4.79 Å². The van der Waals surface area contributed by atoms with Gasteiger partial charge in [-0.2, -0.15) is 17.9 Å². The summed E-state index contributed by atoms with van der Waals surface area (Å²) >= 11 is 5.48. The van der Waals surface area contributed by atoms with E-state index in [1.807, 2.05) is 0 Å². The van der Waals surface area contributed by atoms with Gasteiger partial charge in [0, 0.05) is 25.0 Å². The van der Waals surface area contributed by atoms with Gasteiger partial charge >= 0.3 is 6.18 Å². The van der Waals surface area contributed by atoms with Crippen LogP contribution in [0.15, 0.2) is 29.3 Å². The molecular weight excluding hydrogens is 433 g/mol. The lowest BCUT2D eigenvalue weighted by Gasteiger charge is -2.16. The fraction of sp³-hybridized carbons (Fsp3) is 0.267. The smallest absolute Gasteiger partial charge is 0.345 e. The first-order chi connectivity index (χ1) is 12.7. The number of aryl methyl sites for hydroxylation is 1.